The molecule has 14 heavy (non-hydrogen) atoms. The second-order valence-electron chi connectivity index (χ2n) is 3.48. The topological polar surface area (TPSA) is 87.8 Å². The van der Waals surface area contributed by atoms with Crippen molar-refractivity contribution in [2.24, 2.45) is 5.84 Å². The zero-order chi connectivity index (χ0) is 10.6. The smallest absolute Gasteiger partial charge is 0.248 e. The molecule has 82 valence electrons. The van der Waals surface area contributed by atoms with Gasteiger partial charge in [0.25, 0.3) is 0 Å². The van der Waals surface area contributed by atoms with Gasteiger partial charge in [0.1, 0.15) is 0 Å². The maximum absolute atomic E-state index is 11.0. The highest BCUT2D eigenvalue weighted by Gasteiger charge is 2.26. The summed E-state index contributed by atoms with van der Waals surface area (Å²) in [6.07, 6.45) is -0.197. The van der Waals surface area contributed by atoms with Crippen molar-refractivity contribution in [2.45, 2.75) is 19.1 Å². The number of amides is 1. The van der Waals surface area contributed by atoms with E-state index in [-0.39, 0.29) is 31.2 Å². The Bertz CT molecular complexity index is 200. The fraction of sp³-hybridized carbons (Fsp3) is 0.875. The van der Waals surface area contributed by atoms with Gasteiger partial charge in [0.15, 0.2) is 0 Å². The van der Waals surface area contributed by atoms with Gasteiger partial charge in [-0.25, -0.2) is 5.84 Å². The molecular weight excluding hydrogens is 186 g/mol. The van der Waals surface area contributed by atoms with E-state index in [0.717, 1.165) is 0 Å². The van der Waals surface area contributed by atoms with Crippen molar-refractivity contribution >= 4 is 5.91 Å². The largest absolute Gasteiger partial charge is 0.394 e. The molecule has 1 amide bonds. The minimum absolute atomic E-state index is 0.0204. The summed E-state index contributed by atoms with van der Waals surface area (Å²) >= 11 is 0. The molecule has 0 radical (unpaired) electrons. The predicted octanol–water partition coefficient (Wildman–Crippen LogP) is -1.94. The molecule has 0 aliphatic carbocycles. The van der Waals surface area contributed by atoms with Crippen LogP contribution in [-0.2, 0) is 9.53 Å². The Morgan fingerprint density at radius 1 is 1.79 bits per heavy atom. The molecule has 0 spiro atoms. The number of morpholine rings is 1. The molecule has 1 heterocycles. The van der Waals surface area contributed by atoms with Crippen molar-refractivity contribution in [1.82, 2.24) is 10.3 Å². The first-order chi connectivity index (χ1) is 6.67. The minimum Gasteiger partial charge on any atom is -0.394 e. The first-order valence-electron chi connectivity index (χ1n) is 4.63. The molecule has 0 aromatic heterocycles. The van der Waals surface area contributed by atoms with E-state index in [0.29, 0.717) is 13.2 Å². The van der Waals surface area contributed by atoms with Crippen LogP contribution >= 0.6 is 0 Å². The van der Waals surface area contributed by atoms with Crippen LogP contribution in [0.3, 0.4) is 0 Å². The monoisotopic (exact) mass is 203 g/mol. The van der Waals surface area contributed by atoms with Crippen LogP contribution in [0.25, 0.3) is 0 Å². The summed E-state index contributed by atoms with van der Waals surface area (Å²) in [5.41, 5.74) is 2.08. The van der Waals surface area contributed by atoms with Crippen LogP contribution in [0, 0.1) is 0 Å². The molecule has 0 aromatic carbocycles. The van der Waals surface area contributed by atoms with Gasteiger partial charge in [-0.1, -0.05) is 0 Å². The van der Waals surface area contributed by atoms with Crippen LogP contribution < -0.4 is 11.3 Å². The van der Waals surface area contributed by atoms with Gasteiger partial charge in [0.05, 0.1) is 25.9 Å². The number of hydrazine groups is 1. The lowest BCUT2D eigenvalue weighted by molar-refractivity contribution is -0.127. The summed E-state index contributed by atoms with van der Waals surface area (Å²) in [6.45, 7) is 3.29. The highest BCUT2D eigenvalue weighted by molar-refractivity contribution is 5.77. The standard InChI is InChI=1S/C8H17N3O3/c1-6-5-14-7(4-12)2-11(6)3-8(13)10-9/h6-7,12H,2-5,9H2,1H3,(H,10,13). The van der Waals surface area contributed by atoms with E-state index in [1.807, 2.05) is 11.8 Å². The first-order valence-corrected chi connectivity index (χ1v) is 4.63. The highest BCUT2D eigenvalue weighted by atomic mass is 16.5. The fourth-order valence-corrected chi connectivity index (χ4v) is 1.44. The van der Waals surface area contributed by atoms with E-state index in [1.54, 1.807) is 0 Å². The average molecular weight is 203 g/mol. The quantitative estimate of drug-likeness (QED) is 0.282. The van der Waals surface area contributed by atoms with Crippen molar-refractivity contribution in [2.75, 3.05) is 26.3 Å². The number of nitrogens with two attached hydrogens (primary N) is 1. The van der Waals surface area contributed by atoms with Gasteiger partial charge < -0.3 is 9.84 Å². The maximum atomic E-state index is 11.0. The number of ether oxygens (including phenoxy) is 1. The lowest BCUT2D eigenvalue weighted by Gasteiger charge is -2.36. The van der Waals surface area contributed by atoms with E-state index in [4.69, 9.17) is 15.7 Å². The molecule has 1 saturated heterocycles. The second-order valence-corrected chi connectivity index (χ2v) is 3.48. The molecule has 6 nitrogen and oxygen atoms in total. The molecule has 1 aliphatic rings. The third kappa shape index (κ3) is 2.91. The van der Waals surface area contributed by atoms with Crippen LogP contribution in [0.2, 0.25) is 0 Å². The van der Waals surface area contributed by atoms with Crippen LogP contribution in [-0.4, -0.2) is 54.4 Å². The SMILES string of the molecule is CC1COC(CO)CN1CC(=O)NN. The second kappa shape index (κ2) is 5.26. The molecule has 1 rings (SSSR count). The molecule has 1 aliphatic heterocycles. The third-order valence-electron chi connectivity index (χ3n) is 2.35. The number of aliphatic hydroxyl groups is 1. The molecule has 2 atom stereocenters. The summed E-state index contributed by atoms with van der Waals surface area (Å²) < 4.78 is 5.33. The number of aliphatic hydroxyl groups excluding tert-OH is 1. The van der Waals surface area contributed by atoms with E-state index in [1.165, 1.54) is 0 Å². The van der Waals surface area contributed by atoms with E-state index in [2.05, 4.69) is 5.43 Å². The molecule has 0 aromatic rings. The summed E-state index contributed by atoms with van der Waals surface area (Å²) in [6, 6.07) is 0.176. The molecule has 2 unspecified atom stereocenters. The van der Waals surface area contributed by atoms with Crippen LogP contribution in [0.1, 0.15) is 6.92 Å². The van der Waals surface area contributed by atoms with Gasteiger partial charge in [0, 0.05) is 12.6 Å². The highest BCUT2D eigenvalue weighted by Crippen LogP contribution is 2.10. The van der Waals surface area contributed by atoms with Gasteiger partial charge in [0.2, 0.25) is 5.91 Å². The van der Waals surface area contributed by atoms with Crippen molar-refractivity contribution in [1.29, 1.82) is 0 Å². The molecule has 0 saturated carbocycles. The van der Waals surface area contributed by atoms with Crippen molar-refractivity contribution in [3.05, 3.63) is 0 Å². The number of nitrogens with zero attached hydrogens (tertiary/aromatic N) is 1. The summed E-state index contributed by atoms with van der Waals surface area (Å²) in [5, 5.41) is 8.91. The summed E-state index contributed by atoms with van der Waals surface area (Å²) in [7, 11) is 0. The third-order valence-corrected chi connectivity index (χ3v) is 2.35. The molecule has 4 N–H and O–H groups in total. The number of carbonyl (C=O) groups is 1. The van der Waals surface area contributed by atoms with E-state index >= 15 is 0 Å². The van der Waals surface area contributed by atoms with E-state index < -0.39 is 0 Å². The van der Waals surface area contributed by atoms with Crippen LogP contribution in [0.4, 0.5) is 0 Å². The normalized spacial score (nSPS) is 28.8. The van der Waals surface area contributed by atoms with Crippen LogP contribution in [0.5, 0.6) is 0 Å². The minimum atomic E-state index is -0.226. The average Bonchev–Trinajstić information content (AvgIpc) is 2.21. The molecule has 0 bridgehead atoms. The van der Waals surface area contributed by atoms with Gasteiger partial charge in [-0.15, -0.1) is 0 Å². The molecular formula is C8H17N3O3. The van der Waals surface area contributed by atoms with Crippen LogP contribution in [0.15, 0.2) is 0 Å². The van der Waals surface area contributed by atoms with E-state index in [9.17, 15) is 4.79 Å². The summed E-state index contributed by atoms with van der Waals surface area (Å²) in [4.78, 5) is 13.0. The number of nitrogens with one attached hydrogen (secondary N) is 1. The van der Waals surface area contributed by atoms with Gasteiger partial charge >= 0.3 is 0 Å². The number of hydrogen-bond acceptors (Lipinski definition) is 5. The predicted molar refractivity (Wildman–Crippen MR) is 50.2 cm³/mol. The number of hydrogen-bond donors (Lipinski definition) is 3. The van der Waals surface area contributed by atoms with Crippen molar-refractivity contribution < 1.29 is 14.6 Å². The fourth-order valence-electron chi connectivity index (χ4n) is 1.44. The Labute approximate surface area is 83.0 Å². The number of rotatable bonds is 3. The van der Waals surface area contributed by atoms with Gasteiger partial charge in [-0.2, -0.15) is 0 Å². The zero-order valence-electron chi connectivity index (χ0n) is 8.27. The lowest BCUT2D eigenvalue weighted by atomic mass is 10.2. The molecule has 6 heteroatoms. The summed E-state index contributed by atoms with van der Waals surface area (Å²) in [5.74, 6) is 4.77. The van der Waals surface area contributed by atoms with Gasteiger partial charge in [-0.05, 0) is 6.92 Å². The Hall–Kier alpha value is -0.690. The maximum Gasteiger partial charge on any atom is 0.248 e. The first kappa shape index (κ1) is 11.4. The Balaban J connectivity index is 2.44. The number of carbonyl (C=O) groups excluding carboxylic acids is 1. The molecule has 1 fully saturated rings. The van der Waals surface area contributed by atoms with Crippen molar-refractivity contribution in [3.63, 3.8) is 0 Å². The Kier molecular flexibility index (Phi) is 4.27. The lowest BCUT2D eigenvalue weighted by Crippen LogP contribution is -2.53. The Morgan fingerprint density at radius 3 is 3.07 bits per heavy atom. The zero-order valence-corrected chi connectivity index (χ0v) is 8.27. The van der Waals surface area contributed by atoms with Gasteiger partial charge in [-0.3, -0.25) is 15.1 Å². The Morgan fingerprint density at radius 2 is 2.50 bits per heavy atom. The van der Waals surface area contributed by atoms with Crippen molar-refractivity contribution in [3.8, 4) is 0 Å².